The molecule has 9 heteroatoms. The summed E-state index contributed by atoms with van der Waals surface area (Å²) in [5, 5.41) is 9.33. The SMILES string of the molecule is CCOC(=O)NC(CNC(=NC)NCC(CC)Oc1ccccc1F)C1CC1.I. The molecule has 0 heterocycles. The number of halogens is 2. The minimum atomic E-state index is -0.395. The number of carbonyl (C=O) groups is 1. The van der Waals surface area contributed by atoms with Crippen molar-refractivity contribution < 1.29 is 18.7 Å². The number of nitrogens with one attached hydrogen (secondary N) is 3. The van der Waals surface area contributed by atoms with E-state index >= 15 is 0 Å². The Hall–Kier alpha value is -1.78. The van der Waals surface area contributed by atoms with Gasteiger partial charge in [0.2, 0.25) is 0 Å². The summed E-state index contributed by atoms with van der Waals surface area (Å²) < 4.78 is 24.5. The Kier molecular flexibility index (Phi) is 11.7. The minimum Gasteiger partial charge on any atom is -0.486 e. The summed E-state index contributed by atoms with van der Waals surface area (Å²) in [6, 6.07) is 6.37. The molecule has 2 unspecified atom stereocenters. The van der Waals surface area contributed by atoms with Gasteiger partial charge in [0.1, 0.15) is 6.10 Å². The Morgan fingerprint density at radius 3 is 2.52 bits per heavy atom. The smallest absolute Gasteiger partial charge is 0.407 e. The highest BCUT2D eigenvalue weighted by Crippen LogP contribution is 2.32. The molecule has 1 aliphatic rings. The van der Waals surface area contributed by atoms with Crippen LogP contribution in [0.1, 0.15) is 33.1 Å². The average Bonchev–Trinajstić information content (AvgIpc) is 3.53. The number of carbonyl (C=O) groups excluding carboxylic acids is 1. The summed E-state index contributed by atoms with van der Waals surface area (Å²) in [5.74, 6) is 0.932. The maximum Gasteiger partial charge on any atom is 0.407 e. The van der Waals surface area contributed by atoms with Crippen molar-refractivity contribution in [1.82, 2.24) is 16.0 Å². The summed E-state index contributed by atoms with van der Waals surface area (Å²) in [4.78, 5) is 15.9. The van der Waals surface area contributed by atoms with Crippen molar-refractivity contribution in [2.24, 2.45) is 10.9 Å². The van der Waals surface area contributed by atoms with Crippen molar-refractivity contribution in [3.8, 4) is 5.75 Å². The van der Waals surface area contributed by atoms with E-state index in [-0.39, 0.29) is 47.7 Å². The lowest BCUT2D eigenvalue weighted by molar-refractivity contribution is 0.146. The van der Waals surface area contributed by atoms with E-state index in [9.17, 15) is 9.18 Å². The third-order valence-corrected chi connectivity index (χ3v) is 4.57. The molecule has 0 aromatic heterocycles. The molecule has 7 nitrogen and oxygen atoms in total. The van der Waals surface area contributed by atoms with Crippen LogP contribution in [0.4, 0.5) is 9.18 Å². The standard InChI is InChI=1S/C20H31FN4O3.HI/c1-4-15(28-18-9-7-6-8-16(18)21)12-23-19(22-3)24-13-17(14-10-11-14)25-20(26)27-5-2;/h6-9,14-15,17H,4-5,10-13H2,1-3H3,(H,25,26)(H2,22,23,24);1H. The molecule has 2 atom stereocenters. The Balaban J connectivity index is 0.00000420. The van der Waals surface area contributed by atoms with Crippen LogP contribution in [0.3, 0.4) is 0 Å². The Bertz CT molecular complexity index is 658. The van der Waals surface area contributed by atoms with Gasteiger partial charge in [0.05, 0.1) is 19.2 Å². The largest absolute Gasteiger partial charge is 0.486 e. The van der Waals surface area contributed by atoms with Crippen molar-refractivity contribution in [2.75, 3.05) is 26.7 Å². The number of alkyl carbamates (subject to hydrolysis) is 1. The number of guanidine groups is 1. The first-order chi connectivity index (χ1) is 13.6. The van der Waals surface area contributed by atoms with Gasteiger partial charge in [-0.15, -0.1) is 24.0 Å². The topological polar surface area (TPSA) is 84.0 Å². The zero-order valence-electron chi connectivity index (χ0n) is 17.2. The predicted molar refractivity (Wildman–Crippen MR) is 123 cm³/mol. The fourth-order valence-electron chi connectivity index (χ4n) is 2.79. The van der Waals surface area contributed by atoms with Gasteiger partial charge in [0, 0.05) is 13.6 Å². The molecule has 0 radical (unpaired) electrons. The summed E-state index contributed by atoms with van der Waals surface area (Å²) in [5.41, 5.74) is 0. The van der Waals surface area contributed by atoms with Gasteiger partial charge >= 0.3 is 6.09 Å². The third kappa shape index (κ3) is 9.05. The summed E-state index contributed by atoms with van der Waals surface area (Å²) in [6.07, 6.45) is 2.31. The van der Waals surface area contributed by atoms with Crippen molar-refractivity contribution in [3.63, 3.8) is 0 Å². The van der Waals surface area contributed by atoms with E-state index in [4.69, 9.17) is 9.47 Å². The van der Waals surface area contributed by atoms with Gasteiger partial charge < -0.3 is 25.4 Å². The van der Waals surface area contributed by atoms with Gasteiger partial charge in [0.15, 0.2) is 17.5 Å². The summed E-state index contributed by atoms with van der Waals surface area (Å²) >= 11 is 0. The highest BCUT2D eigenvalue weighted by atomic mass is 127. The van der Waals surface area contributed by atoms with Crippen LogP contribution < -0.4 is 20.7 Å². The van der Waals surface area contributed by atoms with Crippen LogP contribution in [0.15, 0.2) is 29.3 Å². The van der Waals surface area contributed by atoms with E-state index in [0.29, 0.717) is 38.0 Å². The molecule has 1 aliphatic carbocycles. The molecule has 2 rings (SSSR count). The van der Waals surface area contributed by atoms with Gasteiger partial charge in [-0.3, -0.25) is 4.99 Å². The van der Waals surface area contributed by atoms with E-state index in [2.05, 4.69) is 20.9 Å². The fraction of sp³-hybridized carbons (Fsp3) is 0.600. The lowest BCUT2D eigenvalue weighted by Gasteiger charge is -2.22. The molecule has 29 heavy (non-hydrogen) atoms. The number of para-hydroxylation sites is 1. The molecular formula is C20H32FIN4O3. The molecule has 0 saturated heterocycles. The molecule has 1 aromatic rings. The Morgan fingerprint density at radius 1 is 1.24 bits per heavy atom. The zero-order valence-corrected chi connectivity index (χ0v) is 19.6. The fourth-order valence-corrected chi connectivity index (χ4v) is 2.79. The predicted octanol–water partition coefficient (Wildman–Crippen LogP) is 3.29. The maximum atomic E-state index is 13.8. The lowest BCUT2D eigenvalue weighted by Crippen LogP contribution is -2.49. The van der Waals surface area contributed by atoms with Gasteiger partial charge in [-0.05, 0) is 44.2 Å². The molecule has 1 amide bonds. The number of aliphatic imine (C=N–C) groups is 1. The molecule has 0 bridgehead atoms. The third-order valence-electron chi connectivity index (χ3n) is 4.57. The number of ether oxygens (including phenoxy) is 2. The van der Waals surface area contributed by atoms with E-state index in [1.807, 2.05) is 6.92 Å². The molecule has 1 saturated carbocycles. The lowest BCUT2D eigenvalue weighted by atomic mass is 10.2. The number of hydrogen-bond donors (Lipinski definition) is 3. The highest BCUT2D eigenvalue weighted by molar-refractivity contribution is 14.0. The monoisotopic (exact) mass is 522 g/mol. The van der Waals surface area contributed by atoms with Crippen LogP contribution in [0.2, 0.25) is 0 Å². The summed E-state index contributed by atoms with van der Waals surface area (Å²) in [6.45, 7) is 5.14. The number of rotatable bonds is 10. The van der Waals surface area contributed by atoms with Crippen molar-refractivity contribution in [2.45, 2.75) is 45.3 Å². The second kappa shape index (κ2) is 13.4. The molecule has 1 fully saturated rings. The number of nitrogens with zero attached hydrogens (tertiary/aromatic N) is 1. The Morgan fingerprint density at radius 2 is 1.93 bits per heavy atom. The molecule has 3 N–H and O–H groups in total. The van der Waals surface area contributed by atoms with Gasteiger partial charge in [0.25, 0.3) is 0 Å². The maximum absolute atomic E-state index is 13.8. The van der Waals surface area contributed by atoms with Crippen LogP contribution in [0.25, 0.3) is 0 Å². The second-order valence-electron chi connectivity index (χ2n) is 6.72. The van der Waals surface area contributed by atoms with E-state index in [1.165, 1.54) is 6.07 Å². The first kappa shape index (κ1) is 25.3. The van der Waals surface area contributed by atoms with Gasteiger partial charge in [-0.2, -0.15) is 0 Å². The molecule has 0 aliphatic heterocycles. The summed E-state index contributed by atoms with van der Waals surface area (Å²) in [7, 11) is 1.68. The van der Waals surface area contributed by atoms with Crippen molar-refractivity contribution in [3.05, 3.63) is 30.1 Å². The van der Waals surface area contributed by atoms with Gasteiger partial charge in [-0.25, -0.2) is 9.18 Å². The van der Waals surface area contributed by atoms with E-state index in [1.54, 1.807) is 32.2 Å². The molecular weight excluding hydrogens is 490 g/mol. The molecule has 0 spiro atoms. The van der Waals surface area contributed by atoms with Crippen LogP contribution in [0, 0.1) is 11.7 Å². The average molecular weight is 522 g/mol. The quantitative estimate of drug-likeness (QED) is 0.250. The van der Waals surface area contributed by atoms with E-state index < -0.39 is 6.09 Å². The van der Waals surface area contributed by atoms with E-state index in [0.717, 1.165) is 12.8 Å². The molecule has 164 valence electrons. The van der Waals surface area contributed by atoms with Crippen LogP contribution in [-0.2, 0) is 4.74 Å². The highest BCUT2D eigenvalue weighted by Gasteiger charge is 2.32. The number of hydrogen-bond acceptors (Lipinski definition) is 4. The van der Waals surface area contributed by atoms with Crippen molar-refractivity contribution in [1.29, 1.82) is 0 Å². The van der Waals surface area contributed by atoms with Gasteiger partial charge in [-0.1, -0.05) is 19.1 Å². The Labute approximate surface area is 189 Å². The molecule has 1 aromatic carbocycles. The van der Waals surface area contributed by atoms with Crippen LogP contribution in [0.5, 0.6) is 5.75 Å². The zero-order chi connectivity index (χ0) is 20.4. The van der Waals surface area contributed by atoms with Crippen LogP contribution >= 0.6 is 24.0 Å². The van der Waals surface area contributed by atoms with Crippen LogP contribution in [-0.4, -0.2) is 50.9 Å². The number of benzene rings is 1. The second-order valence-corrected chi connectivity index (χ2v) is 6.72. The van der Waals surface area contributed by atoms with Crippen molar-refractivity contribution >= 4 is 36.0 Å². The number of amides is 1. The first-order valence-corrected chi connectivity index (χ1v) is 9.86. The minimum absolute atomic E-state index is 0. The first-order valence-electron chi connectivity index (χ1n) is 9.86. The normalized spacial score (nSPS) is 15.5.